The first-order chi connectivity index (χ1) is 10.1. The van der Waals surface area contributed by atoms with Gasteiger partial charge in [0, 0.05) is 39.5 Å². The summed E-state index contributed by atoms with van der Waals surface area (Å²) in [4.78, 5) is 10.7. The average molecular weight is 301 g/mol. The maximum absolute atomic E-state index is 11.9. The number of benzene rings is 2. The number of carbonyl (C=O) groups excluding carboxylic acids is 1. The first-order valence-electron chi connectivity index (χ1n) is 6.67. The molecule has 2 aromatic carbocycles. The Balaban J connectivity index is 1.88. The first-order valence-corrected chi connectivity index (χ1v) is 8.16. The molecule has 0 bridgehead atoms. The number of carbonyl (C=O) groups is 1. The molecule has 1 amide bonds. The second kappa shape index (κ2) is 5.69. The van der Waals surface area contributed by atoms with Crippen molar-refractivity contribution in [1.29, 1.82) is 0 Å². The monoisotopic (exact) mass is 301 g/mol. The lowest BCUT2D eigenvalue weighted by molar-refractivity contribution is -0.117. The minimum absolute atomic E-state index is 0.156. The van der Waals surface area contributed by atoms with Gasteiger partial charge >= 0.3 is 0 Å². The van der Waals surface area contributed by atoms with Crippen molar-refractivity contribution in [2.24, 2.45) is 5.73 Å². The Hall–Kier alpha value is -2.14. The van der Waals surface area contributed by atoms with Crippen LogP contribution < -0.4 is 5.73 Å². The molecule has 1 atom stereocenters. The number of amides is 1. The van der Waals surface area contributed by atoms with Gasteiger partial charge in [0.15, 0.2) is 0 Å². The van der Waals surface area contributed by atoms with E-state index in [2.05, 4.69) is 0 Å². The van der Waals surface area contributed by atoms with Gasteiger partial charge in [-0.2, -0.15) is 0 Å². The van der Waals surface area contributed by atoms with Crippen molar-refractivity contribution in [1.82, 2.24) is 0 Å². The Morgan fingerprint density at radius 3 is 2.67 bits per heavy atom. The molecule has 4 nitrogen and oxygen atoms in total. The Morgan fingerprint density at radius 2 is 1.86 bits per heavy atom. The van der Waals surface area contributed by atoms with Crippen LogP contribution in [0.1, 0.15) is 12.0 Å². The molecule has 2 N–H and O–H groups in total. The van der Waals surface area contributed by atoms with Crippen LogP contribution in [0.15, 0.2) is 46.9 Å². The van der Waals surface area contributed by atoms with Crippen LogP contribution in [0.25, 0.3) is 21.9 Å². The number of rotatable bonds is 5. The van der Waals surface area contributed by atoms with Gasteiger partial charge < -0.3 is 10.2 Å². The highest BCUT2D eigenvalue weighted by atomic mass is 32.2. The average Bonchev–Trinajstić information content (AvgIpc) is 2.83. The molecule has 0 aliphatic carbocycles. The summed E-state index contributed by atoms with van der Waals surface area (Å²) in [5, 5.41) is 2.08. The summed E-state index contributed by atoms with van der Waals surface area (Å²) in [6.45, 7) is 0. The number of furan rings is 1. The van der Waals surface area contributed by atoms with E-state index in [0.717, 1.165) is 27.5 Å². The first kappa shape index (κ1) is 13.8. The van der Waals surface area contributed by atoms with Crippen LogP contribution in [0.2, 0.25) is 0 Å². The van der Waals surface area contributed by atoms with E-state index in [0.29, 0.717) is 11.5 Å². The van der Waals surface area contributed by atoms with Gasteiger partial charge in [0.05, 0.1) is 0 Å². The number of hydrogen-bond donors (Lipinski definition) is 1. The second-order valence-electron chi connectivity index (χ2n) is 4.93. The van der Waals surface area contributed by atoms with Crippen molar-refractivity contribution in [2.75, 3.05) is 5.75 Å². The molecule has 1 heterocycles. The third kappa shape index (κ3) is 2.97. The normalized spacial score (nSPS) is 12.8. The SMILES string of the molecule is NC(=O)CC[S@](=O)Cc1ccc2oc3ccccc3c2c1. The van der Waals surface area contributed by atoms with Crippen LogP contribution in [0, 0.1) is 0 Å². The quantitative estimate of drug-likeness (QED) is 0.787. The molecule has 0 aliphatic rings. The fourth-order valence-corrected chi connectivity index (χ4v) is 3.46. The zero-order valence-corrected chi connectivity index (χ0v) is 12.2. The summed E-state index contributed by atoms with van der Waals surface area (Å²) in [5.41, 5.74) is 7.71. The van der Waals surface area contributed by atoms with Crippen LogP contribution in [0.3, 0.4) is 0 Å². The second-order valence-corrected chi connectivity index (χ2v) is 6.51. The molecule has 0 saturated heterocycles. The van der Waals surface area contributed by atoms with Crippen LogP contribution in [-0.2, 0) is 21.3 Å². The third-order valence-corrected chi connectivity index (χ3v) is 4.66. The predicted molar refractivity (Wildman–Crippen MR) is 84.2 cm³/mol. The van der Waals surface area contributed by atoms with Crippen molar-refractivity contribution < 1.29 is 13.4 Å². The molecule has 0 saturated carbocycles. The molecule has 1 aromatic heterocycles. The summed E-state index contributed by atoms with van der Waals surface area (Å²) in [7, 11) is -1.09. The zero-order chi connectivity index (χ0) is 14.8. The standard InChI is InChI=1S/C16H15NO3S/c17-16(18)7-8-21(19)10-11-5-6-15-13(9-11)12-3-1-2-4-14(12)20-15/h1-6,9H,7-8,10H2,(H2,17,18)/t21-/m0/s1. The molecule has 3 rings (SSSR count). The third-order valence-electron chi connectivity index (χ3n) is 3.34. The lowest BCUT2D eigenvalue weighted by Gasteiger charge is -2.01. The highest BCUT2D eigenvalue weighted by Gasteiger charge is 2.09. The Labute approximate surface area is 124 Å². The predicted octanol–water partition coefficient (Wildman–Crippen LogP) is 2.71. The molecule has 21 heavy (non-hydrogen) atoms. The van der Waals surface area contributed by atoms with Crippen molar-refractivity contribution >= 4 is 38.6 Å². The minimum atomic E-state index is -1.09. The summed E-state index contributed by atoms with van der Waals surface area (Å²) in [6.07, 6.45) is 0.156. The summed E-state index contributed by atoms with van der Waals surface area (Å²) < 4.78 is 17.7. The summed E-state index contributed by atoms with van der Waals surface area (Å²) in [5.74, 6) is 0.307. The highest BCUT2D eigenvalue weighted by molar-refractivity contribution is 7.84. The Morgan fingerprint density at radius 1 is 1.10 bits per heavy atom. The molecular weight excluding hydrogens is 286 g/mol. The van der Waals surface area contributed by atoms with E-state index >= 15 is 0 Å². The number of hydrogen-bond acceptors (Lipinski definition) is 3. The molecule has 0 unspecified atom stereocenters. The van der Waals surface area contributed by atoms with E-state index in [1.165, 1.54) is 0 Å². The summed E-state index contributed by atoms with van der Waals surface area (Å²) in [6, 6.07) is 13.7. The van der Waals surface area contributed by atoms with Gasteiger partial charge in [-0.3, -0.25) is 9.00 Å². The molecular formula is C16H15NO3S. The number of nitrogens with two attached hydrogens (primary N) is 1. The largest absolute Gasteiger partial charge is 0.456 e. The van der Waals surface area contributed by atoms with Gasteiger partial charge in [-0.15, -0.1) is 0 Å². The molecule has 108 valence electrons. The van der Waals surface area contributed by atoms with Crippen molar-refractivity contribution in [3.8, 4) is 0 Å². The number of fused-ring (bicyclic) bond motifs is 3. The van der Waals surface area contributed by atoms with Gasteiger partial charge in [-0.05, 0) is 23.8 Å². The smallest absolute Gasteiger partial charge is 0.218 e. The summed E-state index contributed by atoms with van der Waals surface area (Å²) >= 11 is 0. The molecule has 3 aromatic rings. The van der Waals surface area contributed by atoms with Crippen LogP contribution in [0.5, 0.6) is 0 Å². The molecule has 0 radical (unpaired) electrons. The lowest BCUT2D eigenvalue weighted by atomic mass is 10.1. The number of primary amides is 1. The van der Waals surface area contributed by atoms with E-state index in [1.807, 2.05) is 42.5 Å². The van der Waals surface area contributed by atoms with Crippen LogP contribution >= 0.6 is 0 Å². The van der Waals surface area contributed by atoms with Gasteiger partial charge in [0.2, 0.25) is 5.91 Å². The fourth-order valence-electron chi connectivity index (χ4n) is 2.34. The van der Waals surface area contributed by atoms with E-state index < -0.39 is 16.7 Å². The van der Waals surface area contributed by atoms with Crippen molar-refractivity contribution in [2.45, 2.75) is 12.2 Å². The highest BCUT2D eigenvalue weighted by Crippen LogP contribution is 2.29. The molecule has 0 fully saturated rings. The molecule has 5 heteroatoms. The molecule has 0 spiro atoms. The van der Waals surface area contributed by atoms with Crippen LogP contribution in [0.4, 0.5) is 0 Å². The lowest BCUT2D eigenvalue weighted by Crippen LogP contribution is -2.14. The zero-order valence-electron chi connectivity index (χ0n) is 11.4. The van der Waals surface area contributed by atoms with Gasteiger partial charge in [0.1, 0.15) is 11.2 Å². The number of para-hydroxylation sites is 1. The maximum Gasteiger partial charge on any atom is 0.218 e. The van der Waals surface area contributed by atoms with E-state index in [9.17, 15) is 9.00 Å². The van der Waals surface area contributed by atoms with E-state index in [1.54, 1.807) is 0 Å². The maximum atomic E-state index is 11.9. The molecule has 0 aliphatic heterocycles. The minimum Gasteiger partial charge on any atom is -0.456 e. The van der Waals surface area contributed by atoms with E-state index in [-0.39, 0.29) is 6.42 Å². The Bertz CT molecular complexity index is 838. The van der Waals surface area contributed by atoms with E-state index in [4.69, 9.17) is 10.2 Å². The topological polar surface area (TPSA) is 73.3 Å². The van der Waals surface area contributed by atoms with Crippen molar-refractivity contribution in [3.63, 3.8) is 0 Å². The fraction of sp³-hybridized carbons (Fsp3) is 0.188. The van der Waals surface area contributed by atoms with Gasteiger partial charge in [-0.25, -0.2) is 0 Å². The van der Waals surface area contributed by atoms with Crippen molar-refractivity contribution in [3.05, 3.63) is 48.0 Å². The van der Waals surface area contributed by atoms with Gasteiger partial charge in [-0.1, -0.05) is 24.3 Å². The van der Waals surface area contributed by atoms with Gasteiger partial charge in [0.25, 0.3) is 0 Å². The Kier molecular flexibility index (Phi) is 3.75. The van der Waals surface area contributed by atoms with Crippen LogP contribution in [-0.4, -0.2) is 15.9 Å².